The van der Waals surface area contributed by atoms with Crippen molar-refractivity contribution in [2.75, 3.05) is 13.2 Å². The average Bonchev–Trinajstić information content (AvgIpc) is 3.24. The maximum absolute atomic E-state index is 12.5. The first kappa shape index (κ1) is 36.6. The lowest BCUT2D eigenvalue weighted by Gasteiger charge is -2.40. The van der Waals surface area contributed by atoms with Crippen LogP contribution in [0.5, 0.6) is 0 Å². The highest BCUT2D eigenvalue weighted by Crippen LogP contribution is 2.61. The number of aromatic nitrogens is 2. The summed E-state index contributed by atoms with van der Waals surface area (Å²) in [4.78, 5) is 44.9. The Morgan fingerprint density at radius 1 is 0.848 bits per heavy atom. The largest absolute Gasteiger partial charge is 0.483 e. The number of phosphoric acid groups is 2. The highest BCUT2D eigenvalue weighted by atomic mass is 32.2. The SMILES string of the molecule is Cc1ccc(S(=O)(=O)OCC2OC(OP(=O)(O)OP(=O)(O)OCC3OC(n4ccc(=O)[nH]c4=O)[C@H](O)[C@@H]3O)[C@@H](O)[C@@H](O)[C@H]2O)cc1. The number of benzene rings is 1. The van der Waals surface area contributed by atoms with E-state index in [4.69, 9.17) is 13.7 Å². The molecular weight excluding hydrogens is 690 g/mol. The first-order valence-corrected chi connectivity index (χ1v) is 17.4. The van der Waals surface area contributed by atoms with Crippen molar-refractivity contribution in [1.82, 2.24) is 9.55 Å². The molecule has 2 aromatic rings. The molecule has 0 spiro atoms. The third kappa shape index (κ3) is 8.62. The van der Waals surface area contributed by atoms with Gasteiger partial charge in [-0.15, -0.1) is 0 Å². The fourth-order valence-corrected chi connectivity index (χ4v) is 7.34. The van der Waals surface area contributed by atoms with E-state index in [1.165, 1.54) is 24.3 Å². The predicted molar refractivity (Wildman–Crippen MR) is 146 cm³/mol. The van der Waals surface area contributed by atoms with E-state index in [-0.39, 0.29) is 4.90 Å². The molecule has 0 saturated carbocycles. The van der Waals surface area contributed by atoms with Gasteiger partial charge >= 0.3 is 21.3 Å². The molecule has 1 aromatic carbocycles. The normalized spacial score (nSPS) is 32.9. The summed E-state index contributed by atoms with van der Waals surface area (Å²) in [5, 5.41) is 51.1. The number of nitrogens with one attached hydrogen (secondary N) is 1. The van der Waals surface area contributed by atoms with Crippen LogP contribution in [0.15, 0.2) is 51.0 Å². The summed E-state index contributed by atoms with van der Waals surface area (Å²) in [7, 11) is -15.8. The molecule has 4 rings (SSSR count). The van der Waals surface area contributed by atoms with Crippen molar-refractivity contribution in [3.05, 3.63) is 62.9 Å². The minimum Gasteiger partial charge on any atom is -0.387 e. The molecule has 0 radical (unpaired) electrons. The maximum atomic E-state index is 12.5. The summed E-state index contributed by atoms with van der Waals surface area (Å²) < 4.78 is 79.1. The summed E-state index contributed by atoms with van der Waals surface area (Å²) in [6, 6.07) is 6.34. The van der Waals surface area contributed by atoms with Crippen molar-refractivity contribution >= 4 is 25.8 Å². The lowest BCUT2D eigenvalue weighted by atomic mass is 10.00. The fourth-order valence-electron chi connectivity index (χ4n) is 4.27. The van der Waals surface area contributed by atoms with Gasteiger partial charge in [0.2, 0.25) is 0 Å². The first-order valence-electron chi connectivity index (χ1n) is 13.0. The third-order valence-electron chi connectivity index (χ3n) is 6.67. The molecule has 0 bridgehead atoms. The second-order valence-corrected chi connectivity index (χ2v) is 14.7. The fraction of sp³-hybridized carbons (Fsp3) is 0.545. The van der Waals surface area contributed by atoms with Gasteiger partial charge in [-0.3, -0.25) is 27.6 Å². The van der Waals surface area contributed by atoms with Crippen LogP contribution in [0.3, 0.4) is 0 Å². The number of rotatable bonds is 12. The number of aliphatic hydroxyl groups excluding tert-OH is 5. The van der Waals surface area contributed by atoms with Crippen LogP contribution >= 0.6 is 15.6 Å². The van der Waals surface area contributed by atoms with Crippen molar-refractivity contribution < 1.29 is 79.9 Å². The number of phosphoric ester groups is 2. The van der Waals surface area contributed by atoms with Crippen LogP contribution in [0.2, 0.25) is 0 Å². The topological polar surface area (TPSA) is 320 Å². The van der Waals surface area contributed by atoms with Gasteiger partial charge < -0.3 is 44.8 Å². The van der Waals surface area contributed by atoms with Gasteiger partial charge in [0, 0.05) is 12.3 Å². The predicted octanol–water partition coefficient (Wildman–Crippen LogP) is -3.07. The summed E-state index contributed by atoms with van der Waals surface area (Å²) in [6.45, 7) is -0.359. The lowest BCUT2D eigenvalue weighted by Crippen LogP contribution is -2.59. The second-order valence-electron chi connectivity index (χ2n) is 10.1. The van der Waals surface area contributed by atoms with Crippen LogP contribution in [0.25, 0.3) is 0 Å². The minimum absolute atomic E-state index is 0.269. The smallest absolute Gasteiger partial charge is 0.387 e. The molecular formula is C22H30N2O19P2S. The number of H-pyrrole nitrogens is 1. The molecule has 1 aromatic heterocycles. The summed E-state index contributed by atoms with van der Waals surface area (Å²) in [5.74, 6) is 0. The maximum Gasteiger partial charge on any atom is 0.483 e. The molecule has 46 heavy (non-hydrogen) atoms. The molecule has 2 fully saturated rings. The van der Waals surface area contributed by atoms with E-state index in [2.05, 4.69) is 13.4 Å². The lowest BCUT2D eigenvalue weighted by molar-refractivity contribution is -0.279. The molecule has 258 valence electrons. The zero-order valence-corrected chi connectivity index (χ0v) is 26.0. The molecule has 2 saturated heterocycles. The summed E-state index contributed by atoms with van der Waals surface area (Å²) in [6.07, 6.45) is -16.5. The summed E-state index contributed by atoms with van der Waals surface area (Å²) >= 11 is 0. The van der Waals surface area contributed by atoms with Gasteiger partial charge in [-0.1, -0.05) is 17.7 Å². The third-order valence-corrected chi connectivity index (χ3v) is 10.6. The quantitative estimate of drug-likeness (QED) is 0.0796. The van der Waals surface area contributed by atoms with Crippen LogP contribution < -0.4 is 11.2 Å². The number of hydrogen-bond acceptors (Lipinski definition) is 17. The Kier molecular flexibility index (Phi) is 11.2. The van der Waals surface area contributed by atoms with Gasteiger partial charge in [-0.05, 0) is 19.1 Å². The van der Waals surface area contributed by atoms with Gasteiger partial charge in [-0.25, -0.2) is 13.9 Å². The molecule has 6 unspecified atom stereocenters. The van der Waals surface area contributed by atoms with Crippen molar-refractivity contribution in [2.24, 2.45) is 0 Å². The van der Waals surface area contributed by atoms with E-state index in [1.54, 1.807) is 6.92 Å². The highest BCUT2D eigenvalue weighted by molar-refractivity contribution is 7.86. The number of hydrogen-bond donors (Lipinski definition) is 8. The number of ether oxygens (including phenoxy) is 2. The van der Waals surface area contributed by atoms with Crippen LogP contribution in [-0.2, 0) is 46.3 Å². The molecule has 0 amide bonds. The Morgan fingerprint density at radius 3 is 2.09 bits per heavy atom. The van der Waals surface area contributed by atoms with Crippen molar-refractivity contribution in [2.45, 2.75) is 67.1 Å². The van der Waals surface area contributed by atoms with Crippen molar-refractivity contribution in [3.8, 4) is 0 Å². The Balaban J connectivity index is 1.36. The number of aromatic amines is 1. The van der Waals surface area contributed by atoms with Crippen molar-refractivity contribution in [3.63, 3.8) is 0 Å². The molecule has 3 heterocycles. The van der Waals surface area contributed by atoms with Crippen LogP contribution in [0.1, 0.15) is 11.8 Å². The average molecular weight is 720 g/mol. The van der Waals surface area contributed by atoms with Gasteiger partial charge in [-0.2, -0.15) is 12.7 Å². The minimum atomic E-state index is -5.76. The molecule has 8 N–H and O–H groups in total. The van der Waals surface area contributed by atoms with E-state index in [0.29, 0.717) is 4.57 Å². The van der Waals surface area contributed by atoms with Gasteiger partial charge in [0.1, 0.15) is 42.7 Å². The van der Waals surface area contributed by atoms with E-state index < -0.39 is 105 Å². The van der Waals surface area contributed by atoms with E-state index in [0.717, 1.165) is 17.8 Å². The highest BCUT2D eigenvalue weighted by Gasteiger charge is 2.50. The molecule has 11 atom stereocenters. The molecule has 2 aliphatic rings. The van der Waals surface area contributed by atoms with Gasteiger partial charge in [0.25, 0.3) is 15.7 Å². The molecule has 0 aliphatic carbocycles. The van der Waals surface area contributed by atoms with Crippen molar-refractivity contribution in [1.29, 1.82) is 0 Å². The van der Waals surface area contributed by atoms with E-state index in [9.17, 15) is 62.5 Å². The standard InChI is InChI=1S/C22H30N2O19P2S/c1-10-2-4-11(5-3-10)46(36,37)39-9-13-15(26)17(28)19(30)21(41-13)42-45(34,35)43-44(32,33)38-8-12-16(27)18(29)20(40-12)24-7-6-14(25)23-22(24)31/h2-7,12-13,15-21,26-30H,8-9H2,1H3,(H,32,33)(H,34,35)(H,23,25,31)/t12?,13?,15-,16+,17-,18+,19-,20?,21?/m0/s1. The second kappa shape index (κ2) is 14.1. The monoisotopic (exact) mass is 720 g/mol. The molecule has 2 aliphatic heterocycles. The molecule has 24 heteroatoms. The number of aryl methyl sites for hydroxylation is 1. The van der Waals surface area contributed by atoms with E-state index in [1.807, 2.05) is 4.98 Å². The van der Waals surface area contributed by atoms with Gasteiger partial charge in [0.05, 0.1) is 18.1 Å². The van der Waals surface area contributed by atoms with Crippen LogP contribution in [0.4, 0.5) is 0 Å². The number of aliphatic hydroxyl groups is 5. The zero-order valence-electron chi connectivity index (χ0n) is 23.4. The summed E-state index contributed by atoms with van der Waals surface area (Å²) in [5.41, 5.74) is -1.05. The number of nitrogens with zero attached hydrogens (tertiary/aromatic N) is 1. The Labute approximate surface area is 258 Å². The Morgan fingerprint density at radius 2 is 1.46 bits per heavy atom. The van der Waals surface area contributed by atoms with E-state index >= 15 is 0 Å². The molecule has 21 nitrogen and oxygen atoms in total. The zero-order chi connectivity index (χ0) is 34.2. The van der Waals surface area contributed by atoms with Gasteiger partial charge in [0.15, 0.2) is 12.5 Å². The Hall–Kier alpha value is -2.21. The first-order chi connectivity index (χ1) is 21.3. The van der Waals surface area contributed by atoms with Crippen LogP contribution in [0, 0.1) is 6.92 Å². The Bertz CT molecular complexity index is 1700. The van der Waals surface area contributed by atoms with Crippen LogP contribution in [-0.4, -0.2) is 116 Å².